The topological polar surface area (TPSA) is 40.6 Å². The first kappa shape index (κ1) is 14.5. The largest absolute Gasteiger partial charge is 0.300 e. The van der Waals surface area contributed by atoms with Gasteiger partial charge in [0.15, 0.2) is 0 Å². The van der Waals surface area contributed by atoms with Crippen LogP contribution in [0.15, 0.2) is 29.6 Å². The highest BCUT2D eigenvalue weighted by atomic mass is 32.1. The van der Waals surface area contributed by atoms with Crippen LogP contribution in [0, 0.1) is 5.82 Å². The lowest BCUT2D eigenvalue weighted by molar-refractivity contribution is -0.114. The van der Waals surface area contributed by atoms with Crippen LogP contribution in [-0.2, 0) is 11.2 Å². The number of rotatable bonds is 2. The van der Waals surface area contributed by atoms with Crippen molar-refractivity contribution < 1.29 is 14.0 Å². The van der Waals surface area contributed by atoms with Crippen molar-refractivity contribution in [2.24, 2.45) is 0 Å². The second-order valence-corrected chi connectivity index (χ2v) is 6.90. The summed E-state index contributed by atoms with van der Waals surface area (Å²) in [6.45, 7) is 3.29. The molecule has 23 heavy (non-hydrogen) atoms. The average molecular weight is 330 g/mol. The van der Waals surface area contributed by atoms with Gasteiger partial charge in [-0.05, 0) is 48.6 Å². The standard InChI is InChI=1S/C17H15FN2O2S/c1-10-12-5-7-23-15(12)4-6-19(10)9-20-14-3-2-11(18)8-13(14)16(21)17(20)22/h2-3,5,7-8,10H,4,6,9H2,1H3/t10-/m1/s1. The van der Waals surface area contributed by atoms with Gasteiger partial charge in [-0.3, -0.25) is 19.4 Å². The summed E-state index contributed by atoms with van der Waals surface area (Å²) in [6.07, 6.45) is 0.948. The van der Waals surface area contributed by atoms with Gasteiger partial charge in [0.2, 0.25) is 0 Å². The minimum atomic E-state index is -0.625. The number of ketones is 1. The lowest BCUT2D eigenvalue weighted by Gasteiger charge is -2.36. The lowest BCUT2D eigenvalue weighted by atomic mass is 10.0. The molecule has 0 bridgehead atoms. The molecular weight excluding hydrogens is 315 g/mol. The summed E-state index contributed by atoms with van der Waals surface area (Å²) in [5.74, 6) is -1.70. The number of carbonyl (C=O) groups excluding carboxylic acids is 2. The van der Waals surface area contributed by atoms with Crippen LogP contribution in [0.5, 0.6) is 0 Å². The zero-order valence-corrected chi connectivity index (χ0v) is 13.4. The minimum absolute atomic E-state index is 0.163. The van der Waals surface area contributed by atoms with E-state index in [0.717, 1.165) is 19.0 Å². The van der Waals surface area contributed by atoms with E-state index in [0.29, 0.717) is 12.4 Å². The Bertz CT molecular complexity index is 817. The molecule has 1 amide bonds. The van der Waals surface area contributed by atoms with Crippen LogP contribution in [0.4, 0.5) is 10.1 Å². The van der Waals surface area contributed by atoms with Gasteiger partial charge in [-0.15, -0.1) is 11.3 Å². The van der Waals surface area contributed by atoms with Crippen LogP contribution in [0.1, 0.15) is 33.8 Å². The van der Waals surface area contributed by atoms with Crippen LogP contribution in [0.25, 0.3) is 0 Å². The molecule has 3 heterocycles. The second kappa shape index (κ2) is 5.25. The number of benzene rings is 1. The van der Waals surface area contributed by atoms with Crippen LogP contribution >= 0.6 is 11.3 Å². The summed E-state index contributed by atoms with van der Waals surface area (Å²) in [6, 6.07) is 6.26. The maximum Gasteiger partial charge on any atom is 0.300 e. The van der Waals surface area contributed by atoms with Gasteiger partial charge in [-0.1, -0.05) is 0 Å². The summed E-state index contributed by atoms with van der Waals surface area (Å²) < 4.78 is 13.3. The Morgan fingerprint density at radius 3 is 2.96 bits per heavy atom. The molecule has 0 saturated heterocycles. The van der Waals surface area contributed by atoms with Gasteiger partial charge >= 0.3 is 5.91 Å². The highest BCUT2D eigenvalue weighted by Crippen LogP contribution is 2.35. The Morgan fingerprint density at radius 2 is 2.13 bits per heavy atom. The van der Waals surface area contributed by atoms with Crippen molar-refractivity contribution in [3.8, 4) is 0 Å². The number of hydrogen-bond acceptors (Lipinski definition) is 4. The van der Waals surface area contributed by atoms with E-state index in [1.165, 1.54) is 27.5 Å². The SMILES string of the molecule is C[C@@H]1c2ccsc2CCN1CN1C(=O)C(=O)c2cc(F)ccc21. The molecule has 0 radical (unpaired) electrons. The van der Waals surface area contributed by atoms with Crippen molar-refractivity contribution in [3.63, 3.8) is 0 Å². The number of fused-ring (bicyclic) bond motifs is 2. The van der Waals surface area contributed by atoms with Crippen LogP contribution in [0.3, 0.4) is 0 Å². The van der Waals surface area contributed by atoms with Crippen molar-refractivity contribution in [2.75, 3.05) is 18.1 Å². The lowest BCUT2D eigenvalue weighted by Crippen LogP contribution is -2.44. The molecular formula is C17H15FN2O2S. The van der Waals surface area contributed by atoms with Crippen molar-refractivity contribution in [2.45, 2.75) is 19.4 Å². The molecule has 2 aliphatic heterocycles. The minimum Gasteiger partial charge on any atom is -0.291 e. The molecule has 1 aromatic heterocycles. The Hall–Kier alpha value is -2.05. The third-order valence-corrected chi connectivity index (χ3v) is 5.66. The van der Waals surface area contributed by atoms with Crippen molar-refractivity contribution >= 4 is 28.7 Å². The Labute approximate surface area is 137 Å². The first-order valence-corrected chi connectivity index (χ1v) is 8.40. The van der Waals surface area contributed by atoms with E-state index in [9.17, 15) is 14.0 Å². The maximum absolute atomic E-state index is 13.3. The zero-order chi connectivity index (χ0) is 16.1. The molecule has 0 fully saturated rings. The second-order valence-electron chi connectivity index (χ2n) is 5.90. The summed E-state index contributed by atoms with van der Waals surface area (Å²) in [5.41, 5.74) is 1.96. The number of anilines is 1. The predicted octanol–water partition coefficient (Wildman–Crippen LogP) is 2.99. The molecule has 1 aromatic carbocycles. The van der Waals surface area contributed by atoms with Gasteiger partial charge in [0, 0.05) is 17.5 Å². The summed E-state index contributed by atoms with van der Waals surface area (Å²) in [4.78, 5) is 29.4. The quantitative estimate of drug-likeness (QED) is 0.795. The number of Topliss-reactive ketones (excluding diaryl/α,β-unsaturated/α-hetero) is 1. The molecule has 1 atom stereocenters. The monoisotopic (exact) mass is 330 g/mol. The van der Waals surface area contributed by atoms with E-state index in [1.54, 1.807) is 11.3 Å². The first-order valence-electron chi connectivity index (χ1n) is 7.52. The molecule has 0 aliphatic carbocycles. The summed E-state index contributed by atoms with van der Waals surface area (Å²) in [5, 5.41) is 2.09. The van der Waals surface area contributed by atoms with Crippen LogP contribution in [-0.4, -0.2) is 29.8 Å². The zero-order valence-electron chi connectivity index (χ0n) is 12.6. The number of halogens is 1. The number of thiophene rings is 1. The van der Waals surface area contributed by atoms with E-state index >= 15 is 0 Å². The number of hydrogen-bond donors (Lipinski definition) is 0. The van der Waals surface area contributed by atoms with E-state index in [2.05, 4.69) is 23.3 Å². The third-order valence-electron chi connectivity index (χ3n) is 4.66. The first-order chi connectivity index (χ1) is 11.1. The Balaban J connectivity index is 1.63. The highest BCUT2D eigenvalue weighted by molar-refractivity contribution is 7.10. The van der Waals surface area contributed by atoms with Crippen molar-refractivity contribution in [1.29, 1.82) is 0 Å². The Kier molecular flexibility index (Phi) is 3.32. The molecule has 6 heteroatoms. The van der Waals surface area contributed by atoms with E-state index < -0.39 is 17.5 Å². The molecule has 4 rings (SSSR count). The highest BCUT2D eigenvalue weighted by Gasteiger charge is 2.38. The molecule has 2 aliphatic rings. The smallest absolute Gasteiger partial charge is 0.291 e. The molecule has 0 saturated carbocycles. The fraction of sp³-hybridized carbons (Fsp3) is 0.294. The summed E-state index contributed by atoms with van der Waals surface area (Å²) in [7, 11) is 0. The predicted molar refractivity (Wildman–Crippen MR) is 86.2 cm³/mol. The molecule has 118 valence electrons. The molecule has 0 unspecified atom stereocenters. The summed E-state index contributed by atoms with van der Waals surface area (Å²) >= 11 is 1.76. The van der Waals surface area contributed by atoms with E-state index in [4.69, 9.17) is 0 Å². The normalized spacial score (nSPS) is 20.8. The van der Waals surface area contributed by atoms with Gasteiger partial charge in [0.1, 0.15) is 5.82 Å². The number of carbonyl (C=O) groups is 2. The van der Waals surface area contributed by atoms with Gasteiger partial charge in [0.25, 0.3) is 5.78 Å². The fourth-order valence-electron chi connectivity index (χ4n) is 3.35. The molecule has 4 nitrogen and oxygen atoms in total. The van der Waals surface area contributed by atoms with E-state index in [1.807, 2.05) is 0 Å². The molecule has 0 N–H and O–H groups in total. The van der Waals surface area contributed by atoms with Gasteiger partial charge < -0.3 is 0 Å². The van der Waals surface area contributed by atoms with Crippen LogP contribution < -0.4 is 4.90 Å². The van der Waals surface area contributed by atoms with Crippen LogP contribution in [0.2, 0.25) is 0 Å². The Morgan fingerprint density at radius 1 is 1.30 bits per heavy atom. The average Bonchev–Trinajstić information content (AvgIpc) is 3.10. The third kappa shape index (κ3) is 2.21. The molecule has 2 aromatic rings. The van der Waals surface area contributed by atoms with Crippen molar-refractivity contribution in [3.05, 3.63) is 51.5 Å². The van der Waals surface area contributed by atoms with Gasteiger partial charge in [0.05, 0.1) is 17.9 Å². The fourth-order valence-corrected chi connectivity index (χ4v) is 4.31. The number of nitrogens with zero attached hydrogens (tertiary/aromatic N) is 2. The molecule has 0 spiro atoms. The van der Waals surface area contributed by atoms with E-state index in [-0.39, 0.29) is 11.6 Å². The van der Waals surface area contributed by atoms with Crippen molar-refractivity contribution in [1.82, 2.24) is 4.90 Å². The number of amides is 1. The van der Waals surface area contributed by atoms with Gasteiger partial charge in [-0.2, -0.15) is 0 Å². The maximum atomic E-state index is 13.3. The van der Waals surface area contributed by atoms with Gasteiger partial charge in [-0.25, -0.2) is 4.39 Å².